The van der Waals surface area contributed by atoms with E-state index in [1.807, 2.05) is 13.0 Å². The second kappa shape index (κ2) is 9.02. The van der Waals surface area contributed by atoms with Gasteiger partial charge < -0.3 is 15.4 Å². The summed E-state index contributed by atoms with van der Waals surface area (Å²) in [7, 11) is 1.21. The van der Waals surface area contributed by atoms with Gasteiger partial charge in [0.2, 0.25) is 0 Å². The molecule has 4 nitrogen and oxygen atoms in total. The second-order valence-electron chi connectivity index (χ2n) is 8.34. The summed E-state index contributed by atoms with van der Waals surface area (Å²) < 4.78 is 59.5. The Morgan fingerprint density at radius 1 is 1.00 bits per heavy atom. The summed E-state index contributed by atoms with van der Waals surface area (Å²) in [5.41, 5.74) is 9.37. The van der Waals surface area contributed by atoms with Crippen molar-refractivity contribution in [1.82, 2.24) is 4.98 Å². The SMILES string of the molecule is COc1cc(-c2cncc(-c3cc(C)cc(F)c3)c2N2CCC(N)CC2)ccc1C(F)(F)F. The summed E-state index contributed by atoms with van der Waals surface area (Å²) in [4.78, 5) is 6.51. The van der Waals surface area contributed by atoms with E-state index >= 15 is 0 Å². The minimum Gasteiger partial charge on any atom is -0.496 e. The smallest absolute Gasteiger partial charge is 0.419 e. The highest BCUT2D eigenvalue weighted by Crippen LogP contribution is 2.43. The van der Waals surface area contributed by atoms with Gasteiger partial charge in [0.15, 0.2) is 0 Å². The first-order valence-corrected chi connectivity index (χ1v) is 10.7. The first-order valence-electron chi connectivity index (χ1n) is 10.7. The molecule has 0 radical (unpaired) electrons. The van der Waals surface area contributed by atoms with Crippen molar-refractivity contribution in [1.29, 1.82) is 0 Å². The van der Waals surface area contributed by atoms with E-state index in [4.69, 9.17) is 10.5 Å². The van der Waals surface area contributed by atoms with E-state index in [-0.39, 0.29) is 17.6 Å². The Morgan fingerprint density at radius 3 is 2.27 bits per heavy atom. The number of hydrogen-bond acceptors (Lipinski definition) is 4. The number of hydrogen-bond donors (Lipinski definition) is 1. The fourth-order valence-corrected chi connectivity index (χ4v) is 4.32. The molecule has 1 fully saturated rings. The molecule has 0 bridgehead atoms. The first-order chi connectivity index (χ1) is 15.7. The fraction of sp³-hybridized carbons (Fsp3) is 0.320. The van der Waals surface area contributed by atoms with Crippen LogP contribution in [0, 0.1) is 12.7 Å². The van der Waals surface area contributed by atoms with Crippen molar-refractivity contribution in [3.05, 3.63) is 65.7 Å². The summed E-state index contributed by atoms with van der Waals surface area (Å²) in [6, 6.07) is 8.67. The van der Waals surface area contributed by atoms with Gasteiger partial charge in [0, 0.05) is 42.7 Å². The van der Waals surface area contributed by atoms with E-state index in [1.165, 1.54) is 31.4 Å². The van der Waals surface area contributed by atoms with Gasteiger partial charge in [0.25, 0.3) is 0 Å². The summed E-state index contributed by atoms with van der Waals surface area (Å²) in [6.07, 6.45) is 0.318. The van der Waals surface area contributed by atoms with E-state index in [0.717, 1.165) is 30.2 Å². The molecule has 2 heterocycles. The Bertz CT molecular complexity index is 1130. The Morgan fingerprint density at radius 2 is 1.67 bits per heavy atom. The molecule has 0 atom stereocenters. The predicted octanol–water partition coefficient (Wildman–Crippen LogP) is 5.82. The molecule has 2 aromatic carbocycles. The highest BCUT2D eigenvalue weighted by atomic mass is 19.4. The lowest BCUT2D eigenvalue weighted by molar-refractivity contribution is -0.138. The maximum Gasteiger partial charge on any atom is 0.419 e. The largest absolute Gasteiger partial charge is 0.496 e. The Kier molecular flexibility index (Phi) is 6.30. The molecule has 0 amide bonds. The average Bonchev–Trinajstić information content (AvgIpc) is 2.77. The van der Waals surface area contributed by atoms with Crippen LogP contribution >= 0.6 is 0 Å². The van der Waals surface area contributed by atoms with Crippen LogP contribution in [0.5, 0.6) is 5.75 Å². The molecule has 33 heavy (non-hydrogen) atoms. The molecule has 1 aliphatic rings. The minimum atomic E-state index is -4.53. The molecule has 2 N–H and O–H groups in total. The number of nitrogens with two attached hydrogens (primary N) is 1. The van der Waals surface area contributed by atoms with Gasteiger partial charge >= 0.3 is 6.18 Å². The summed E-state index contributed by atoms with van der Waals surface area (Å²) in [5.74, 6) is -0.628. The summed E-state index contributed by atoms with van der Waals surface area (Å²) >= 11 is 0. The second-order valence-corrected chi connectivity index (χ2v) is 8.34. The fourth-order valence-electron chi connectivity index (χ4n) is 4.32. The maximum absolute atomic E-state index is 14.2. The molecule has 1 aliphatic heterocycles. The van der Waals surface area contributed by atoms with E-state index in [0.29, 0.717) is 35.3 Å². The van der Waals surface area contributed by atoms with Gasteiger partial charge in [-0.25, -0.2) is 4.39 Å². The number of rotatable bonds is 4. The molecule has 0 saturated carbocycles. The zero-order valence-corrected chi connectivity index (χ0v) is 18.4. The minimum absolute atomic E-state index is 0.0950. The van der Waals surface area contributed by atoms with Crippen LogP contribution in [0.15, 0.2) is 48.8 Å². The molecule has 1 aromatic heterocycles. The van der Waals surface area contributed by atoms with Gasteiger partial charge in [-0.3, -0.25) is 4.98 Å². The van der Waals surface area contributed by atoms with Gasteiger partial charge in [-0.1, -0.05) is 12.1 Å². The molecule has 0 spiro atoms. The van der Waals surface area contributed by atoms with Crippen molar-refractivity contribution >= 4 is 5.69 Å². The van der Waals surface area contributed by atoms with Crippen molar-refractivity contribution in [2.24, 2.45) is 5.73 Å². The lowest BCUT2D eigenvalue weighted by Crippen LogP contribution is -2.40. The third kappa shape index (κ3) is 4.80. The lowest BCUT2D eigenvalue weighted by Gasteiger charge is -2.35. The van der Waals surface area contributed by atoms with Gasteiger partial charge in [-0.05, 0) is 60.7 Å². The van der Waals surface area contributed by atoms with Crippen molar-refractivity contribution in [2.45, 2.75) is 32.0 Å². The third-order valence-corrected chi connectivity index (χ3v) is 5.94. The number of pyridine rings is 1. The molecule has 3 aromatic rings. The van der Waals surface area contributed by atoms with Gasteiger partial charge in [-0.15, -0.1) is 0 Å². The number of alkyl halides is 3. The van der Waals surface area contributed by atoms with Gasteiger partial charge in [0.05, 0.1) is 18.4 Å². The Labute approximate surface area is 190 Å². The third-order valence-electron chi connectivity index (χ3n) is 5.94. The Hall–Kier alpha value is -3.13. The van der Waals surface area contributed by atoms with Crippen molar-refractivity contribution in [3.63, 3.8) is 0 Å². The van der Waals surface area contributed by atoms with Crippen molar-refractivity contribution in [3.8, 4) is 28.0 Å². The van der Waals surface area contributed by atoms with Crippen LogP contribution in [0.25, 0.3) is 22.3 Å². The van der Waals surface area contributed by atoms with Gasteiger partial charge in [0.1, 0.15) is 11.6 Å². The zero-order chi connectivity index (χ0) is 23.8. The highest BCUT2D eigenvalue weighted by Gasteiger charge is 2.34. The predicted molar refractivity (Wildman–Crippen MR) is 121 cm³/mol. The quantitative estimate of drug-likeness (QED) is 0.500. The van der Waals surface area contributed by atoms with Crippen LogP contribution in [0.2, 0.25) is 0 Å². The number of methoxy groups -OCH3 is 1. The first kappa shape index (κ1) is 23.0. The summed E-state index contributed by atoms with van der Waals surface area (Å²) in [6.45, 7) is 3.17. The van der Waals surface area contributed by atoms with Crippen LogP contribution in [0.3, 0.4) is 0 Å². The average molecular weight is 459 g/mol. The van der Waals surface area contributed by atoms with E-state index in [9.17, 15) is 17.6 Å². The summed E-state index contributed by atoms with van der Waals surface area (Å²) in [5, 5.41) is 0. The molecule has 0 aliphatic carbocycles. The number of ether oxygens (including phenoxy) is 1. The number of anilines is 1. The van der Waals surface area contributed by atoms with Crippen LogP contribution in [-0.4, -0.2) is 31.2 Å². The number of halogens is 4. The highest BCUT2D eigenvalue weighted by molar-refractivity contribution is 5.91. The number of aromatic nitrogens is 1. The monoisotopic (exact) mass is 459 g/mol. The topological polar surface area (TPSA) is 51.4 Å². The number of benzene rings is 2. The Balaban J connectivity index is 1.92. The molecular formula is C25H25F4N3O. The maximum atomic E-state index is 14.2. The van der Waals surface area contributed by atoms with E-state index in [2.05, 4.69) is 9.88 Å². The normalized spacial score (nSPS) is 15.1. The van der Waals surface area contributed by atoms with Crippen LogP contribution in [-0.2, 0) is 6.18 Å². The van der Waals surface area contributed by atoms with Crippen LogP contribution in [0.1, 0.15) is 24.0 Å². The number of aryl methyl sites for hydroxylation is 1. The molecule has 0 unspecified atom stereocenters. The van der Waals surface area contributed by atoms with E-state index < -0.39 is 11.7 Å². The molecule has 174 valence electrons. The number of nitrogens with zero attached hydrogens (tertiary/aromatic N) is 2. The molecule has 8 heteroatoms. The molecule has 1 saturated heterocycles. The van der Waals surface area contributed by atoms with E-state index in [1.54, 1.807) is 12.4 Å². The molecular weight excluding hydrogens is 434 g/mol. The van der Waals surface area contributed by atoms with Gasteiger partial charge in [-0.2, -0.15) is 13.2 Å². The standard InChI is InChI=1S/C25H25F4N3O/c1-15-9-17(11-18(26)10-15)21-14-31-13-20(24(21)32-7-5-19(30)6-8-32)16-3-4-22(25(27,28)29)23(12-16)33-2/h3-4,9-14,19H,5-8,30H2,1-2H3. The molecule has 4 rings (SSSR count). The van der Waals surface area contributed by atoms with Crippen molar-refractivity contribution < 1.29 is 22.3 Å². The number of piperidine rings is 1. The van der Waals surface area contributed by atoms with Crippen LogP contribution < -0.4 is 15.4 Å². The van der Waals surface area contributed by atoms with Crippen molar-refractivity contribution in [2.75, 3.05) is 25.1 Å². The zero-order valence-electron chi connectivity index (χ0n) is 18.4. The lowest BCUT2D eigenvalue weighted by atomic mass is 9.94. The van der Waals surface area contributed by atoms with Crippen LogP contribution in [0.4, 0.5) is 23.2 Å².